The smallest absolute Gasteiger partial charge is 0.225 e. The summed E-state index contributed by atoms with van der Waals surface area (Å²) in [6.07, 6.45) is 2.17. The molecule has 22 heavy (non-hydrogen) atoms. The molecule has 0 saturated carbocycles. The zero-order valence-corrected chi connectivity index (χ0v) is 13.9. The Bertz CT molecular complexity index is 692. The molecule has 6 heteroatoms. The first-order valence-electron chi connectivity index (χ1n) is 7.44. The lowest BCUT2D eigenvalue weighted by molar-refractivity contribution is -0.116. The zero-order chi connectivity index (χ0) is 15.7. The Labute approximate surface area is 133 Å². The maximum absolute atomic E-state index is 12.1. The van der Waals surface area contributed by atoms with E-state index in [1.165, 1.54) is 11.3 Å². The largest absolute Gasteiger partial charge is 0.494 e. The van der Waals surface area contributed by atoms with E-state index in [0.717, 1.165) is 41.0 Å². The Kier molecular flexibility index (Phi) is 4.31. The van der Waals surface area contributed by atoms with E-state index >= 15 is 0 Å². The summed E-state index contributed by atoms with van der Waals surface area (Å²) in [4.78, 5) is 18.4. The van der Waals surface area contributed by atoms with Gasteiger partial charge in [0, 0.05) is 13.5 Å². The molecule has 1 unspecified atom stereocenters. The van der Waals surface area contributed by atoms with Gasteiger partial charge < -0.3 is 9.47 Å². The van der Waals surface area contributed by atoms with E-state index in [1.54, 1.807) is 18.9 Å². The quantitative estimate of drug-likeness (QED) is 0.868. The molecule has 1 amide bonds. The van der Waals surface area contributed by atoms with Crippen molar-refractivity contribution < 1.29 is 14.3 Å². The molecule has 1 aliphatic heterocycles. The fourth-order valence-electron chi connectivity index (χ4n) is 2.71. The van der Waals surface area contributed by atoms with Gasteiger partial charge >= 0.3 is 0 Å². The number of hydrogen-bond acceptors (Lipinski definition) is 5. The maximum atomic E-state index is 12.1. The highest BCUT2D eigenvalue weighted by Crippen LogP contribution is 2.36. The predicted octanol–water partition coefficient (Wildman–Crippen LogP) is 3.15. The minimum atomic E-state index is -0.00817. The number of fused-ring (bicyclic) bond motifs is 1. The van der Waals surface area contributed by atoms with Gasteiger partial charge in [0.25, 0.3) is 0 Å². The molecule has 2 heterocycles. The van der Waals surface area contributed by atoms with Crippen LogP contribution in [0.5, 0.6) is 5.75 Å². The Morgan fingerprint density at radius 2 is 2.36 bits per heavy atom. The number of anilines is 1. The fourth-order valence-corrected chi connectivity index (χ4v) is 3.82. The van der Waals surface area contributed by atoms with Crippen LogP contribution in [0.1, 0.15) is 25.3 Å². The van der Waals surface area contributed by atoms with Crippen molar-refractivity contribution in [3.8, 4) is 5.75 Å². The summed E-state index contributed by atoms with van der Waals surface area (Å²) in [5.74, 6) is 0.731. The molecule has 0 N–H and O–H groups in total. The van der Waals surface area contributed by atoms with Gasteiger partial charge in [-0.05, 0) is 31.4 Å². The highest BCUT2D eigenvalue weighted by molar-refractivity contribution is 7.22. The van der Waals surface area contributed by atoms with Crippen LogP contribution in [0, 0.1) is 6.92 Å². The number of methoxy groups -OCH3 is 1. The highest BCUT2D eigenvalue weighted by Gasteiger charge is 2.25. The first-order valence-corrected chi connectivity index (χ1v) is 8.25. The van der Waals surface area contributed by atoms with Crippen molar-refractivity contribution >= 4 is 32.6 Å². The summed E-state index contributed by atoms with van der Waals surface area (Å²) in [7, 11) is 1.64. The highest BCUT2D eigenvalue weighted by atomic mass is 32.1. The van der Waals surface area contributed by atoms with Crippen molar-refractivity contribution in [2.45, 2.75) is 32.8 Å². The number of carbonyl (C=O) groups excluding carboxylic acids is 1. The van der Waals surface area contributed by atoms with Crippen molar-refractivity contribution in [2.75, 3.05) is 25.2 Å². The molecule has 3 rings (SSSR count). The second kappa shape index (κ2) is 6.22. The molecule has 0 radical (unpaired) electrons. The van der Waals surface area contributed by atoms with Crippen molar-refractivity contribution in [1.29, 1.82) is 0 Å². The topological polar surface area (TPSA) is 51.7 Å². The first kappa shape index (κ1) is 15.2. The summed E-state index contributed by atoms with van der Waals surface area (Å²) in [6, 6.07) is 3.93. The van der Waals surface area contributed by atoms with Crippen LogP contribution in [-0.2, 0) is 9.53 Å². The monoisotopic (exact) mass is 320 g/mol. The van der Waals surface area contributed by atoms with Gasteiger partial charge in [-0.3, -0.25) is 9.69 Å². The SMILES string of the molecule is COc1ccc(C)c2sc(N(CC3CCCO3)C(C)=O)nc12. The van der Waals surface area contributed by atoms with E-state index in [2.05, 4.69) is 4.98 Å². The molecule has 2 aromatic rings. The molecule has 0 spiro atoms. The summed E-state index contributed by atoms with van der Waals surface area (Å²) in [5, 5.41) is 0.714. The van der Waals surface area contributed by atoms with Gasteiger partial charge in [0.05, 0.1) is 24.5 Å². The number of rotatable bonds is 4. The molecule has 1 aromatic heterocycles. The van der Waals surface area contributed by atoms with Crippen molar-refractivity contribution in [3.05, 3.63) is 17.7 Å². The van der Waals surface area contributed by atoms with E-state index in [1.807, 2.05) is 19.1 Å². The van der Waals surface area contributed by atoms with Crippen LogP contribution < -0.4 is 9.64 Å². The molecule has 0 aliphatic carbocycles. The van der Waals surface area contributed by atoms with Crippen molar-refractivity contribution in [3.63, 3.8) is 0 Å². The number of aromatic nitrogens is 1. The van der Waals surface area contributed by atoms with Gasteiger partial charge in [-0.2, -0.15) is 0 Å². The van der Waals surface area contributed by atoms with Crippen LogP contribution in [0.2, 0.25) is 0 Å². The van der Waals surface area contributed by atoms with Gasteiger partial charge in [0.2, 0.25) is 5.91 Å². The minimum Gasteiger partial charge on any atom is -0.494 e. The Morgan fingerprint density at radius 1 is 1.55 bits per heavy atom. The Hall–Kier alpha value is -1.66. The molecule has 118 valence electrons. The number of benzene rings is 1. The number of carbonyl (C=O) groups is 1. The van der Waals surface area contributed by atoms with Crippen LogP contribution in [0.25, 0.3) is 10.2 Å². The van der Waals surface area contributed by atoms with Gasteiger partial charge in [-0.15, -0.1) is 0 Å². The number of ether oxygens (including phenoxy) is 2. The summed E-state index contributed by atoms with van der Waals surface area (Å²) >= 11 is 1.53. The third-order valence-corrected chi connectivity index (χ3v) is 5.15. The molecular weight excluding hydrogens is 300 g/mol. The zero-order valence-electron chi connectivity index (χ0n) is 13.1. The van der Waals surface area contributed by atoms with Gasteiger partial charge in [0.15, 0.2) is 5.13 Å². The minimum absolute atomic E-state index is 0.00817. The molecule has 0 bridgehead atoms. The van der Waals surface area contributed by atoms with Crippen molar-refractivity contribution in [2.24, 2.45) is 0 Å². The summed E-state index contributed by atoms with van der Waals surface area (Å²) < 4.78 is 12.1. The third-order valence-electron chi connectivity index (χ3n) is 3.93. The Morgan fingerprint density at radius 3 is 3.00 bits per heavy atom. The van der Waals surface area contributed by atoms with E-state index in [4.69, 9.17) is 9.47 Å². The summed E-state index contributed by atoms with van der Waals surface area (Å²) in [5.41, 5.74) is 1.96. The van der Waals surface area contributed by atoms with Crippen LogP contribution in [0.15, 0.2) is 12.1 Å². The molecule has 1 fully saturated rings. The van der Waals surface area contributed by atoms with Gasteiger partial charge in [0.1, 0.15) is 11.3 Å². The van der Waals surface area contributed by atoms with E-state index < -0.39 is 0 Å². The van der Waals surface area contributed by atoms with Crippen LogP contribution in [0.4, 0.5) is 5.13 Å². The normalized spacial score (nSPS) is 17.9. The number of thiazole rings is 1. The number of nitrogens with zero attached hydrogens (tertiary/aromatic N) is 2. The lowest BCUT2D eigenvalue weighted by Gasteiger charge is -2.21. The van der Waals surface area contributed by atoms with Crippen LogP contribution in [-0.4, -0.2) is 37.3 Å². The van der Waals surface area contributed by atoms with Crippen LogP contribution in [0.3, 0.4) is 0 Å². The molecule has 1 atom stereocenters. The molecule has 5 nitrogen and oxygen atoms in total. The maximum Gasteiger partial charge on any atom is 0.225 e. The first-order chi connectivity index (χ1) is 10.6. The standard InChI is InChI=1S/C16H20N2O3S/c1-10-6-7-13(20-3)14-15(10)22-16(17-14)18(11(2)19)9-12-5-4-8-21-12/h6-7,12H,4-5,8-9H2,1-3H3. The molecule has 1 aromatic carbocycles. The predicted molar refractivity (Wildman–Crippen MR) is 87.9 cm³/mol. The fraction of sp³-hybridized carbons (Fsp3) is 0.500. The Balaban J connectivity index is 1.98. The second-order valence-corrected chi connectivity index (χ2v) is 6.50. The van der Waals surface area contributed by atoms with E-state index in [-0.39, 0.29) is 12.0 Å². The van der Waals surface area contributed by atoms with Gasteiger partial charge in [-0.25, -0.2) is 4.98 Å². The average molecular weight is 320 g/mol. The van der Waals surface area contributed by atoms with Crippen molar-refractivity contribution in [1.82, 2.24) is 4.98 Å². The summed E-state index contributed by atoms with van der Waals surface area (Å²) in [6.45, 7) is 4.97. The molecule has 1 saturated heterocycles. The average Bonchev–Trinajstić information content (AvgIpc) is 3.14. The van der Waals surface area contributed by atoms with E-state index in [9.17, 15) is 4.79 Å². The number of hydrogen-bond donors (Lipinski definition) is 0. The lowest BCUT2D eigenvalue weighted by atomic mass is 10.2. The third kappa shape index (κ3) is 2.80. The van der Waals surface area contributed by atoms with Crippen LogP contribution >= 0.6 is 11.3 Å². The molecular formula is C16H20N2O3S. The van der Waals surface area contributed by atoms with E-state index in [0.29, 0.717) is 11.7 Å². The molecule has 1 aliphatic rings. The lowest BCUT2D eigenvalue weighted by Crippen LogP contribution is -2.35. The van der Waals surface area contributed by atoms with Gasteiger partial charge in [-0.1, -0.05) is 17.4 Å². The number of amides is 1. The number of aryl methyl sites for hydroxylation is 1. The second-order valence-electron chi connectivity index (χ2n) is 5.52.